The highest BCUT2D eigenvalue weighted by Gasteiger charge is 2.18. The summed E-state index contributed by atoms with van der Waals surface area (Å²) in [6, 6.07) is 66.5. The molecule has 0 heteroatoms. The molecule has 0 unspecified atom stereocenters. The van der Waals surface area contributed by atoms with Crippen LogP contribution in [0.15, 0.2) is 182 Å². The Hall–Kier alpha value is -5.98. The third-order valence-electron chi connectivity index (χ3n) is 9.46. The SMILES string of the molecule is c1ccc(-c2ccccc2-c2c3ccccc3c(-c3ccc(-c4ccc5c(ccc6ccccc65)c4)cc3)c3ccccc23)cc1. The molecule has 0 spiro atoms. The third kappa shape index (κ3) is 4.30. The molecule has 0 aliphatic carbocycles. The highest BCUT2D eigenvalue weighted by Crippen LogP contribution is 2.46. The second-order valence-electron chi connectivity index (χ2n) is 12.1. The van der Waals surface area contributed by atoms with E-state index in [2.05, 4.69) is 182 Å². The first-order valence-electron chi connectivity index (χ1n) is 15.9. The van der Waals surface area contributed by atoms with Crippen molar-refractivity contribution in [1.29, 1.82) is 0 Å². The van der Waals surface area contributed by atoms with Gasteiger partial charge in [0.05, 0.1) is 0 Å². The number of hydrogen-bond donors (Lipinski definition) is 0. The molecule has 0 saturated carbocycles. The molecule has 0 bridgehead atoms. The van der Waals surface area contributed by atoms with Crippen molar-refractivity contribution in [1.82, 2.24) is 0 Å². The zero-order valence-electron chi connectivity index (χ0n) is 25.3. The van der Waals surface area contributed by atoms with Gasteiger partial charge < -0.3 is 0 Å². The lowest BCUT2D eigenvalue weighted by atomic mass is 9.83. The Morgan fingerprint density at radius 2 is 0.696 bits per heavy atom. The standard InChI is InChI=1S/C46H30/c1-2-12-32(13-3-1)38-16-6-7-17-40(38)46-43-20-10-8-18-41(43)45(42-19-9-11-21-44(42)46)34-25-22-31(23-26-34)35-28-29-39-36(30-35)27-24-33-14-4-5-15-37(33)39/h1-30H. The summed E-state index contributed by atoms with van der Waals surface area (Å²) < 4.78 is 0. The van der Waals surface area contributed by atoms with Crippen molar-refractivity contribution in [3.05, 3.63) is 182 Å². The van der Waals surface area contributed by atoms with Crippen LogP contribution in [0.1, 0.15) is 0 Å². The van der Waals surface area contributed by atoms with Crippen molar-refractivity contribution in [2.75, 3.05) is 0 Å². The maximum Gasteiger partial charge on any atom is -0.00201 e. The van der Waals surface area contributed by atoms with E-state index in [0.29, 0.717) is 0 Å². The van der Waals surface area contributed by atoms with Gasteiger partial charge >= 0.3 is 0 Å². The van der Waals surface area contributed by atoms with Crippen LogP contribution in [0.4, 0.5) is 0 Å². The van der Waals surface area contributed by atoms with Crippen LogP contribution >= 0.6 is 0 Å². The normalized spacial score (nSPS) is 11.5. The Balaban J connectivity index is 1.21. The van der Waals surface area contributed by atoms with Crippen LogP contribution in [0.3, 0.4) is 0 Å². The predicted octanol–water partition coefficient (Wildman–Crippen LogP) is 13.0. The second-order valence-corrected chi connectivity index (χ2v) is 12.1. The Morgan fingerprint density at radius 1 is 0.217 bits per heavy atom. The topological polar surface area (TPSA) is 0 Å². The Kier molecular flexibility index (Phi) is 6.25. The van der Waals surface area contributed by atoms with Crippen LogP contribution in [0.2, 0.25) is 0 Å². The summed E-state index contributed by atoms with van der Waals surface area (Å²) in [7, 11) is 0. The van der Waals surface area contributed by atoms with Crippen molar-refractivity contribution >= 4 is 43.1 Å². The van der Waals surface area contributed by atoms with E-state index in [9.17, 15) is 0 Å². The Bertz CT molecular complexity index is 2500. The van der Waals surface area contributed by atoms with Crippen LogP contribution in [0, 0.1) is 0 Å². The van der Waals surface area contributed by atoms with Gasteiger partial charge in [-0.05, 0) is 93.7 Å². The van der Waals surface area contributed by atoms with Crippen molar-refractivity contribution in [2.24, 2.45) is 0 Å². The number of hydrogen-bond acceptors (Lipinski definition) is 0. The first kappa shape index (κ1) is 26.4. The summed E-state index contributed by atoms with van der Waals surface area (Å²) in [6.07, 6.45) is 0. The molecule has 0 atom stereocenters. The van der Waals surface area contributed by atoms with Gasteiger partial charge in [-0.15, -0.1) is 0 Å². The van der Waals surface area contributed by atoms with Gasteiger partial charge in [-0.3, -0.25) is 0 Å². The lowest BCUT2D eigenvalue weighted by Gasteiger charge is -2.19. The number of benzene rings is 9. The molecule has 0 N–H and O–H groups in total. The van der Waals surface area contributed by atoms with E-state index in [0.717, 1.165) is 0 Å². The average molecular weight is 583 g/mol. The number of rotatable bonds is 4. The quantitative estimate of drug-likeness (QED) is 0.143. The third-order valence-corrected chi connectivity index (χ3v) is 9.46. The van der Waals surface area contributed by atoms with E-state index in [1.54, 1.807) is 0 Å². The summed E-state index contributed by atoms with van der Waals surface area (Å²) >= 11 is 0. The van der Waals surface area contributed by atoms with Crippen LogP contribution in [-0.4, -0.2) is 0 Å². The molecule has 0 nitrogen and oxygen atoms in total. The average Bonchev–Trinajstić information content (AvgIpc) is 3.14. The molecule has 0 aliphatic heterocycles. The second kappa shape index (κ2) is 10.9. The van der Waals surface area contributed by atoms with Crippen molar-refractivity contribution in [3.63, 3.8) is 0 Å². The van der Waals surface area contributed by atoms with Crippen LogP contribution in [-0.2, 0) is 0 Å². The fourth-order valence-electron chi connectivity index (χ4n) is 7.32. The van der Waals surface area contributed by atoms with Gasteiger partial charge in [-0.2, -0.15) is 0 Å². The van der Waals surface area contributed by atoms with Crippen LogP contribution in [0.5, 0.6) is 0 Å². The molecule has 0 amide bonds. The van der Waals surface area contributed by atoms with Gasteiger partial charge in [0.15, 0.2) is 0 Å². The lowest BCUT2D eigenvalue weighted by molar-refractivity contribution is 1.60. The van der Waals surface area contributed by atoms with E-state index in [4.69, 9.17) is 0 Å². The first-order chi connectivity index (χ1) is 22.8. The molecule has 214 valence electrons. The zero-order chi connectivity index (χ0) is 30.5. The predicted molar refractivity (Wildman–Crippen MR) is 198 cm³/mol. The molecule has 0 fully saturated rings. The first-order valence-corrected chi connectivity index (χ1v) is 15.9. The molecule has 9 aromatic carbocycles. The van der Waals surface area contributed by atoms with E-state index in [1.807, 2.05) is 0 Å². The van der Waals surface area contributed by atoms with Crippen molar-refractivity contribution in [3.8, 4) is 44.5 Å². The van der Waals surface area contributed by atoms with Gasteiger partial charge in [0.2, 0.25) is 0 Å². The van der Waals surface area contributed by atoms with Crippen molar-refractivity contribution < 1.29 is 0 Å². The Labute approximate surface area is 268 Å². The van der Waals surface area contributed by atoms with E-state index >= 15 is 0 Å². The highest BCUT2D eigenvalue weighted by atomic mass is 14.2. The maximum atomic E-state index is 2.32. The number of fused-ring (bicyclic) bond motifs is 5. The van der Waals surface area contributed by atoms with Crippen LogP contribution in [0.25, 0.3) is 87.6 Å². The molecular weight excluding hydrogens is 553 g/mol. The molecule has 0 radical (unpaired) electrons. The lowest BCUT2D eigenvalue weighted by Crippen LogP contribution is -1.92. The molecule has 0 heterocycles. The molecule has 0 saturated heterocycles. The van der Waals surface area contributed by atoms with Crippen molar-refractivity contribution in [2.45, 2.75) is 0 Å². The molecular formula is C46H30. The molecule has 46 heavy (non-hydrogen) atoms. The Morgan fingerprint density at radius 3 is 1.39 bits per heavy atom. The van der Waals surface area contributed by atoms with Gasteiger partial charge in [0, 0.05) is 0 Å². The molecule has 0 aliphatic rings. The van der Waals surface area contributed by atoms with E-state index in [1.165, 1.54) is 87.6 Å². The van der Waals surface area contributed by atoms with Crippen LogP contribution < -0.4 is 0 Å². The fraction of sp³-hybridized carbons (Fsp3) is 0. The highest BCUT2D eigenvalue weighted by molar-refractivity contribution is 6.22. The van der Waals surface area contributed by atoms with Gasteiger partial charge in [-0.25, -0.2) is 0 Å². The van der Waals surface area contributed by atoms with E-state index < -0.39 is 0 Å². The minimum Gasteiger partial charge on any atom is -0.0622 e. The van der Waals surface area contributed by atoms with Gasteiger partial charge in [0.25, 0.3) is 0 Å². The van der Waals surface area contributed by atoms with Gasteiger partial charge in [0.1, 0.15) is 0 Å². The summed E-state index contributed by atoms with van der Waals surface area (Å²) in [4.78, 5) is 0. The molecule has 0 aromatic heterocycles. The minimum atomic E-state index is 1.22. The van der Waals surface area contributed by atoms with Gasteiger partial charge in [-0.1, -0.05) is 176 Å². The fourth-order valence-corrected chi connectivity index (χ4v) is 7.32. The minimum absolute atomic E-state index is 1.22. The molecule has 9 rings (SSSR count). The zero-order valence-corrected chi connectivity index (χ0v) is 25.3. The van der Waals surface area contributed by atoms with E-state index in [-0.39, 0.29) is 0 Å². The summed E-state index contributed by atoms with van der Waals surface area (Å²) in [6.45, 7) is 0. The summed E-state index contributed by atoms with van der Waals surface area (Å²) in [5, 5.41) is 10.2. The monoisotopic (exact) mass is 582 g/mol. The maximum absolute atomic E-state index is 2.32. The summed E-state index contributed by atoms with van der Waals surface area (Å²) in [5.41, 5.74) is 9.99. The molecule has 9 aromatic rings. The largest absolute Gasteiger partial charge is 0.0622 e. The smallest absolute Gasteiger partial charge is 0.00201 e. The summed E-state index contributed by atoms with van der Waals surface area (Å²) in [5.74, 6) is 0.